The number of hydrogen-bond acceptors (Lipinski definition) is 5. The molecule has 1 aliphatic heterocycles. The van der Waals surface area contributed by atoms with E-state index in [4.69, 9.17) is 0 Å². The van der Waals surface area contributed by atoms with E-state index >= 15 is 0 Å². The van der Waals surface area contributed by atoms with Gasteiger partial charge in [-0.25, -0.2) is 9.37 Å². The highest BCUT2D eigenvalue weighted by molar-refractivity contribution is 5.98. The summed E-state index contributed by atoms with van der Waals surface area (Å²) in [4.78, 5) is 20.6. The number of pyridine rings is 1. The van der Waals surface area contributed by atoms with E-state index in [-0.39, 0.29) is 17.8 Å². The van der Waals surface area contributed by atoms with E-state index in [1.54, 1.807) is 26.2 Å². The van der Waals surface area contributed by atoms with Gasteiger partial charge >= 0.3 is 0 Å². The fraction of sp³-hybridized carbons (Fsp3) is 0.400. The standard InChI is InChI=1S/C20H25FN4O2/c1-24(2)20(27)17-6-7-18(25-11-9-16(26)13-25)23-19(17)22-10-8-14-4-3-5-15(21)12-14/h3-7,12,16,26H,8-11,13H2,1-2H3,(H,22,23). The zero-order valence-electron chi connectivity index (χ0n) is 15.7. The van der Waals surface area contributed by atoms with Crippen LogP contribution in [-0.2, 0) is 6.42 Å². The molecule has 7 heteroatoms. The number of aliphatic hydroxyl groups is 1. The van der Waals surface area contributed by atoms with E-state index in [2.05, 4.69) is 10.3 Å². The molecule has 1 amide bonds. The molecule has 1 aromatic heterocycles. The Kier molecular flexibility index (Phi) is 5.91. The number of halogens is 1. The quantitative estimate of drug-likeness (QED) is 0.813. The van der Waals surface area contributed by atoms with Gasteiger partial charge in [0.25, 0.3) is 5.91 Å². The van der Waals surface area contributed by atoms with Gasteiger partial charge in [0.05, 0.1) is 11.7 Å². The van der Waals surface area contributed by atoms with Gasteiger partial charge in [0, 0.05) is 33.7 Å². The van der Waals surface area contributed by atoms with Crippen LogP contribution in [0.2, 0.25) is 0 Å². The number of nitrogens with one attached hydrogen (secondary N) is 1. The van der Waals surface area contributed by atoms with Gasteiger partial charge in [-0.1, -0.05) is 12.1 Å². The highest BCUT2D eigenvalue weighted by Gasteiger charge is 2.23. The van der Waals surface area contributed by atoms with Gasteiger partial charge in [-0.2, -0.15) is 0 Å². The predicted octanol–water partition coefficient (Wildman–Crippen LogP) is 2.15. The molecule has 2 heterocycles. The highest BCUT2D eigenvalue weighted by Crippen LogP contribution is 2.23. The molecule has 1 aromatic carbocycles. The van der Waals surface area contributed by atoms with Crippen LogP contribution in [-0.4, -0.2) is 60.7 Å². The number of carbonyl (C=O) groups excluding carboxylic acids is 1. The lowest BCUT2D eigenvalue weighted by Gasteiger charge is -2.20. The van der Waals surface area contributed by atoms with Crippen LogP contribution in [0.4, 0.5) is 16.0 Å². The van der Waals surface area contributed by atoms with Crippen LogP contribution in [0.1, 0.15) is 22.3 Å². The maximum absolute atomic E-state index is 13.3. The fourth-order valence-electron chi connectivity index (χ4n) is 3.14. The first kappa shape index (κ1) is 19.1. The van der Waals surface area contributed by atoms with Crippen LogP contribution in [0.25, 0.3) is 0 Å². The molecule has 1 unspecified atom stereocenters. The number of β-amino-alcohol motifs (C(OH)–C–C–N with tert-alkyl or cyclic N) is 1. The van der Waals surface area contributed by atoms with E-state index in [1.807, 2.05) is 17.0 Å². The van der Waals surface area contributed by atoms with E-state index in [9.17, 15) is 14.3 Å². The molecule has 0 bridgehead atoms. The van der Waals surface area contributed by atoms with E-state index in [0.717, 1.165) is 17.9 Å². The molecule has 27 heavy (non-hydrogen) atoms. The van der Waals surface area contributed by atoms with Crippen molar-refractivity contribution in [2.24, 2.45) is 0 Å². The molecule has 0 spiro atoms. The van der Waals surface area contributed by atoms with Crippen molar-refractivity contribution in [3.8, 4) is 0 Å². The van der Waals surface area contributed by atoms with Crippen molar-refractivity contribution in [1.82, 2.24) is 9.88 Å². The van der Waals surface area contributed by atoms with E-state index in [0.29, 0.717) is 37.3 Å². The first-order valence-electron chi connectivity index (χ1n) is 9.08. The Morgan fingerprint density at radius 1 is 1.37 bits per heavy atom. The summed E-state index contributed by atoms with van der Waals surface area (Å²) in [5, 5.41) is 13.0. The van der Waals surface area contributed by atoms with Gasteiger partial charge in [0.2, 0.25) is 0 Å². The van der Waals surface area contributed by atoms with Crippen LogP contribution in [0.15, 0.2) is 36.4 Å². The van der Waals surface area contributed by atoms with Gasteiger partial charge in [0.1, 0.15) is 17.5 Å². The van der Waals surface area contributed by atoms with Crippen molar-refractivity contribution in [1.29, 1.82) is 0 Å². The number of nitrogens with zero attached hydrogens (tertiary/aromatic N) is 3. The fourth-order valence-corrected chi connectivity index (χ4v) is 3.14. The van der Waals surface area contributed by atoms with Gasteiger partial charge in [0.15, 0.2) is 0 Å². The highest BCUT2D eigenvalue weighted by atomic mass is 19.1. The Hall–Kier alpha value is -2.67. The third kappa shape index (κ3) is 4.74. The Bertz CT molecular complexity index is 812. The van der Waals surface area contributed by atoms with Gasteiger partial charge in [-0.3, -0.25) is 4.79 Å². The zero-order valence-corrected chi connectivity index (χ0v) is 15.7. The van der Waals surface area contributed by atoms with Crippen molar-refractivity contribution in [3.05, 3.63) is 53.3 Å². The number of hydrogen-bond donors (Lipinski definition) is 2. The Morgan fingerprint density at radius 2 is 2.19 bits per heavy atom. The number of anilines is 2. The molecule has 0 radical (unpaired) electrons. The molecule has 3 rings (SSSR count). The molecular formula is C20H25FN4O2. The molecular weight excluding hydrogens is 347 g/mol. The van der Waals surface area contributed by atoms with Crippen LogP contribution < -0.4 is 10.2 Å². The third-order valence-corrected chi connectivity index (χ3v) is 4.60. The molecule has 2 aromatic rings. The first-order chi connectivity index (χ1) is 12.9. The molecule has 1 saturated heterocycles. The summed E-state index contributed by atoms with van der Waals surface area (Å²) < 4.78 is 13.3. The second-order valence-corrected chi connectivity index (χ2v) is 6.96. The van der Waals surface area contributed by atoms with Crippen molar-refractivity contribution in [3.63, 3.8) is 0 Å². The third-order valence-electron chi connectivity index (χ3n) is 4.60. The summed E-state index contributed by atoms with van der Waals surface area (Å²) >= 11 is 0. The summed E-state index contributed by atoms with van der Waals surface area (Å²) in [6.45, 7) is 1.80. The monoisotopic (exact) mass is 372 g/mol. The maximum atomic E-state index is 13.3. The van der Waals surface area contributed by atoms with Gasteiger partial charge in [-0.05, 0) is 42.7 Å². The lowest BCUT2D eigenvalue weighted by Crippen LogP contribution is -2.26. The molecule has 1 aliphatic rings. The maximum Gasteiger partial charge on any atom is 0.257 e. The number of carbonyl (C=O) groups is 1. The van der Waals surface area contributed by atoms with Crippen LogP contribution in [0.3, 0.4) is 0 Å². The topological polar surface area (TPSA) is 68.7 Å². The molecule has 0 saturated carbocycles. The zero-order chi connectivity index (χ0) is 19.4. The Morgan fingerprint density at radius 3 is 2.85 bits per heavy atom. The predicted molar refractivity (Wildman–Crippen MR) is 104 cm³/mol. The number of benzene rings is 1. The van der Waals surface area contributed by atoms with Crippen molar-refractivity contribution in [2.75, 3.05) is 43.9 Å². The number of rotatable bonds is 6. The molecule has 2 N–H and O–H groups in total. The van der Waals surface area contributed by atoms with Crippen molar-refractivity contribution in [2.45, 2.75) is 18.9 Å². The average Bonchev–Trinajstić information content (AvgIpc) is 3.07. The minimum atomic E-state index is -0.348. The largest absolute Gasteiger partial charge is 0.391 e. The summed E-state index contributed by atoms with van der Waals surface area (Å²) in [5.74, 6) is 0.839. The van der Waals surface area contributed by atoms with Crippen molar-refractivity contribution < 1.29 is 14.3 Å². The van der Waals surface area contributed by atoms with Gasteiger partial charge < -0.3 is 20.2 Å². The lowest BCUT2D eigenvalue weighted by molar-refractivity contribution is 0.0828. The minimum Gasteiger partial charge on any atom is -0.391 e. The SMILES string of the molecule is CN(C)C(=O)c1ccc(N2CCC(O)C2)nc1NCCc1cccc(F)c1. The van der Waals surface area contributed by atoms with Crippen LogP contribution >= 0.6 is 0 Å². The second kappa shape index (κ2) is 8.35. The second-order valence-electron chi connectivity index (χ2n) is 6.96. The first-order valence-corrected chi connectivity index (χ1v) is 9.08. The number of amides is 1. The van der Waals surface area contributed by atoms with Crippen LogP contribution in [0.5, 0.6) is 0 Å². The van der Waals surface area contributed by atoms with E-state index in [1.165, 1.54) is 17.0 Å². The number of aromatic nitrogens is 1. The number of aliphatic hydroxyl groups excluding tert-OH is 1. The van der Waals surface area contributed by atoms with Gasteiger partial charge in [-0.15, -0.1) is 0 Å². The average molecular weight is 372 g/mol. The summed E-state index contributed by atoms with van der Waals surface area (Å²) in [6, 6.07) is 10.0. The normalized spacial score (nSPS) is 16.4. The smallest absolute Gasteiger partial charge is 0.257 e. The Labute approximate surface area is 158 Å². The molecule has 1 atom stereocenters. The molecule has 6 nitrogen and oxygen atoms in total. The summed E-state index contributed by atoms with van der Waals surface area (Å²) in [6.07, 6.45) is 0.976. The Balaban J connectivity index is 1.77. The van der Waals surface area contributed by atoms with E-state index < -0.39 is 0 Å². The molecule has 0 aliphatic carbocycles. The van der Waals surface area contributed by atoms with Crippen LogP contribution in [0, 0.1) is 5.82 Å². The molecule has 1 fully saturated rings. The summed E-state index contributed by atoms with van der Waals surface area (Å²) in [5.41, 5.74) is 1.37. The summed E-state index contributed by atoms with van der Waals surface area (Å²) in [7, 11) is 3.40. The van der Waals surface area contributed by atoms with Crippen molar-refractivity contribution >= 4 is 17.5 Å². The minimum absolute atomic E-state index is 0.135. The molecule has 144 valence electrons. The lowest BCUT2D eigenvalue weighted by atomic mass is 10.1.